The van der Waals surface area contributed by atoms with Crippen LogP contribution in [-0.4, -0.2) is 29.3 Å². The first-order chi connectivity index (χ1) is 8.31. The van der Waals surface area contributed by atoms with E-state index in [4.69, 9.17) is 11.6 Å². The molecule has 2 aliphatic rings. The van der Waals surface area contributed by atoms with Gasteiger partial charge in [0, 0.05) is 24.9 Å². The van der Waals surface area contributed by atoms with Crippen LogP contribution in [0.1, 0.15) is 57.8 Å². The van der Waals surface area contributed by atoms with Crippen molar-refractivity contribution < 1.29 is 4.79 Å². The molecule has 1 saturated carbocycles. The average Bonchev–Trinajstić information content (AvgIpc) is 2.85. The lowest BCUT2D eigenvalue weighted by atomic mass is 9.86. The molecule has 1 heterocycles. The fourth-order valence-electron chi connectivity index (χ4n) is 3.27. The maximum absolute atomic E-state index is 12.1. The topological polar surface area (TPSA) is 20.3 Å². The zero-order valence-corrected chi connectivity index (χ0v) is 11.4. The van der Waals surface area contributed by atoms with Gasteiger partial charge in [-0.2, -0.15) is 0 Å². The fraction of sp³-hybridized carbons (Fsp3) is 0.929. The molecule has 0 aromatic heterocycles. The third kappa shape index (κ3) is 3.61. The molecule has 1 aliphatic heterocycles. The summed E-state index contributed by atoms with van der Waals surface area (Å²) in [4.78, 5) is 14.1. The van der Waals surface area contributed by atoms with Crippen molar-refractivity contribution in [2.24, 2.45) is 5.92 Å². The molecule has 1 unspecified atom stereocenters. The van der Waals surface area contributed by atoms with Gasteiger partial charge in [-0.25, -0.2) is 0 Å². The summed E-state index contributed by atoms with van der Waals surface area (Å²) in [5.74, 6) is 1.76. The van der Waals surface area contributed by atoms with E-state index in [2.05, 4.69) is 0 Å². The van der Waals surface area contributed by atoms with Crippen molar-refractivity contribution in [1.82, 2.24) is 4.90 Å². The normalized spacial score (nSPS) is 26.4. The van der Waals surface area contributed by atoms with Crippen LogP contribution in [0.4, 0.5) is 0 Å². The zero-order chi connectivity index (χ0) is 12.1. The summed E-state index contributed by atoms with van der Waals surface area (Å²) in [6, 6.07) is 0.315. The first kappa shape index (κ1) is 13.2. The number of hydrogen-bond donors (Lipinski definition) is 0. The number of halogens is 1. The SMILES string of the molecule is O=C(CCC1CCCCC1)N1CCCC1CCl. The van der Waals surface area contributed by atoms with E-state index in [-0.39, 0.29) is 0 Å². The van der Waals surface area contributed by atoms with E-state index in [1.54, 1.807) is 0 Å². The Bertz CT molecular complexity index is 251. The Kier molecular flexibility index (Phi) is 5.15. The largest absolute Gasteiger partial charge is 0.339 e. The van der Waals surface area contributed by atoms with Gasteiger partial charge in [-0.05, 0) is 25.2 Å². The van der Waals surface area contributed by atoms with Crippen molar-refractivity contribution >= 4 is 17.5 Å². The third-order valence-electron chi connectivity index (χ3n) is 4.37. The quantitative estimate of drug-likeness (QED) is 0.705. The molecule has 2 nitrogen and oxygen atoms in total. The highest BCUT2D eigenvalue weighted by molar-refractivity contribution is 6.18. The predicted octanol–water partition coefficient (Wildman–Crippen LogP) is 3.58. The fourth-order valence-corrected chi connectivity index (χ4v) is 3.59. The molecule has 0 spiro atoms. The number of carbonyl (C=O) groups is 1. The molecule has 3 heteroatoms. The van der Waals surface area contributed by atoms with Crippen molar-refractivity contribution in [3.05, 3.63) is 0 Å². The Labute approximate surface area is 110 Å². The Morgan fingerprint density at radius 1 is 1.12 bits per heavy atom. The van der Waals surface area contributed by atoms with E-state index in [0.717, 1.165) is 38.1 Å². The highest BCUT2D eigenvalue weighted by Crippen LogP contribution is 2.28. The molecule has 1 aliphatic carbocycles. The van der Waals surface area contributed by atoms with Gasteiger partial charge in [0.25, 0.3) is 0 Å². The molecule has 2 fully saturated rings. The second-order valence-electron chi connectivity index (χ2n) is 5.58. The van der Waals surface area contributed by atoms with E-state index < -0.39 is 0 Å². The molecule has 1 saturated heterocycles. The van der Waals surface area contributed by atoms with Gasteiger partial charge in [0.15, 0.2) is 0 Å². The smallest absolute Gasteiger partial charge is 0.222 e. The van der Waals surface area contributed by atoms with Gasteiger partial charge >= 0.3 is 0 Å². The van der Waals surface area contributed by atoms with Crippen molar-refractivity contribution in [3.63, 3.8) is 0 Å². The lowest BCUT2D eigenvalue weighted by molar-refractivity contribution is -0.132. The maximum atomic E-state index is 12.1. The van der Waals surface area contributed by atoms with Crippen LogP contribution in [0.5, 0.6) is 0 Å². The number of amides is 1. The van der Waals surface area contributed by atoms with Crippen LogP contribution in [0.3, 0.4) is 0 Å². The van der Waals surface area contributed by atoms with E-state index in [0.29, 0.717) is 17.8 Å². The number of alkyl halides is 1. The molecule has 17 heavy (non-hydrogen) atoms. The minimum Gasteiger partial charge on any atom is -0.339 e. The molecule has 98 valence electrons. The number of hydrogen-bond acceptors (Lipinski definition) is 1. The molecule has 1 amide bonds. The first-order valence-corrected chi connectivity index (χ1v) is 7.70. The van der Waals surface area contributed by atoms with Crippen LogP contribution in [-0.2, 0) is 4.79 Å². The summed E-state index contributed by atoms with van der Waals surface area (Å²) in [6.45, 7) is 0.931. The predicted molar refractivity (Wildman–Crippen MR) is 71.3 cm³/mol. The molecular formula is C14H24ClNO. The van der Waals surface area contributed by atoms with Gasteiger partial charge in [0.05, 0.1) is 0 Å². The maximum Gasteiger partial charge on any atom is 0.222 e. The number of likely N-dealkylation sites (tertiary alicyclic amines) is 1. The minimum atomic E-state index is 0.315. The van der Waals surface area contributed by atoms with Gasteiger partial charge in [-0.15, -0.1) is 11.6 Å². The molecule has 0 radical (unpaired) electrons. The van der Waals surface area contributed by atoms with Gasteiger partial charge in [-0.1, -0.05) is 32.1 Å². The zero-order valence-electron chi connectivity index (χ0n) is 10.7. The summed E-state index contributed by atoms with van der Waals surface area (Å²) >= 11 is 5.90. The van der Waals surface area contributed by atoms with E-state index >= 15 is 0 Å². The van der Waals surface area contributed by atoms with Crippen LogP contribution in [0.25, 0.3) is 0 Å². The van der Waals surface area contributed by atoms with Crippen LogP contribution in [0, 0.1) is 5.92 Å². The van der Waals surface area contributed by atoms with Crippen LogP contribution in [0.15, 0.2) is 0 Å². The molecule has 0 aromatic rings. The van der Waals surface area contributed by atoms with Gasteiger partial charge in [0.1, 0.15) is 0 Å². The van der Waals surface area contributed by atoms with Crippen LogP contribution in [0.2, 0.25) is 0 Å². The number of rotatable bonds is 4. The summed E-state index contributed by atoms with van der Waals surface area (Å²) in [6.07, 6.45) is 10.9. The molecular weight excluding hydrogens is 234 g/mol. The van der Waals surface area contributed by atoms with Crippen LogP contribution >= 0.6 is 11.6 Å². The Balaban J connectivity index is 1.72. The summed E-state index contributed by atoms with van der Waals surface area (Å²) in [5.41, 5.74) is 0. The van der Waals surface area contributed by atoms with E-state index in [1.165, 1.54) is 32.1 Å². The Morgan fingerprint density at radius 2 is 1.88 bits per heavy atom. The van der Waals surface area contributed by atoms with Crippen molar-refractivity contribution in [2.75, 3.05) is 12.4 Å². The Hall–Kier alpha value is -0.240. The van der Waals surface area contributed by atoms with Crippen molar-refractivity contribution in [1.29, 1.82) is 0 Å². The monoisotopic (exact) mass is 257 g/mol. The highest BCUT2D eigenvalue weighted by Gasteiger charge is 2.28. The van der Waals surface area contributed by atoms with Gasteiger partial charge in [-0.3, -0.25) is 4.79 Å². The van der Waals surface area contributed by atoms with Crippen molar-refractivity contribution in [3.8, 4) is 0 Å². The average molecular weight is 258 g/mol. The highest BCUT2D eigenvalue weighted by atomic mass is 35.5. The first-order valence-electron chi connectivity index (χ1n) is 7.16. The van der Waals surface area contributed by atoms with Gasteiger partial charge < -0.3 is 4.90 Å². The summed E-state index contributed by atoms with van der Waals surface area (Å²) < 4.78 is 0. The minimum absolute atomic E-state index is 0.315. The van der Waals surface area contributed by atoms with Gasteiger partial charge in [0.2, 0.25) is 5.91 Å². The third-order valence-corrected chi connectivity index (χ3v) is 4.72. The van der Waals surface area contributed by atoms with Crippen LogP contribution < -0.4 is 0 Å². The second kappa shape index (κ2) is 6.63. The molecule has 0 aromatic carbocycles. The molecule has 2 rings (SSSR count). The second-order valence-corrected chi connectivity index (χ2v) is 5.89. The Morgan fingerprint density at radius 3 is 2.59 bits per heavy atom. The van der Waals surface area contributed by atoms with E-state index in [9.17, 15) is 4.79 Å². The molecule has 0 N–H and O–H groups in total. The summed E-state index contributed by atoms with van der Waals surface area (Å²) in [7, 11) is 0. The standard InChI is InChI=1S/C14H24ClNO/c15-11-13-7-4-10-16(13)14(17)9-8-12-5-2-1-3-6-12/h12-13H,1-11H2. The summed E-state index contributed by atoms with van der Waals surface area (Å²) in [5, 5.41) is 0. The lowest BCUT2D eigenvalue weighted by Crippen LogP contribution is -2.36. The van der Waals surface area contributed by atoms with E-state index in [1.807, 2.05) is 4.90 Å². The number of carbonyl (C=O) groups excluding carboxylic acids is 1. The number of nitrogens with zero attached hydrogens (tertiary/aromatic N) is 1. The molecule has 0 bridgehead atoms. The lowest BCUT2D eigenvalue weighted by Gasteiger charge is -2.25. The van der Waals surface area contributed by atoms with Crippen molar-refractivity contribution in [2.45, 2.75) is 63.8 Å². The molecule has 1 atom stereocenters.